The van der Waals surface area contributed by atoms with E-state index in [1.54, 1.807) is 24.3 Å². The van der Waals surface area contributed by atoms with Crippen LogP contribution in [0, 0.1) is 17.2 Å². The summed E-state index contributed by atoms with van der Waals surface area (Å²) in [5.74, 6) is 0.788. The molecule has 1 amide bonds. The number of hydrogen-bond acceptors (Lipinski definition) is 2. The third-order valence-electron chi connectivity index (χ3n) is 4.85. The molecule has 0 spiro atoms. The molecule has 1 aliphatic heterocycles. The summed E-state index contributed by atoms with van der Waals surface area (Å²) in [6.45, 7) is 1.66. The van der Waals surface area contributed by atoms with Crippen molar-refractivity contribution in [3.8, 4) is 6.07 Å². The Balaban J connectivity index is 1.49. The normalized spacial score (nSPS) is 15.0. The first-order valence-corrected chi connectivity index (χ1v) is 8.59. The van der Waals surface area contributed by atoms with Crippen molar-refractivity contribution in [1.29, 1.82) is 5.26 Å². The summed E-state index contributed by atoms with van der Waals surface area (Å²) in [5, 5.41) is 8.83. The van der Waals surface area contributed by atoms with Gasteiger partial charge in [0.05, 0.1) is 11.6 Å². The van der Waals surface area contributed by atoms with Crippen LogP contribution in [0.5, 0.6) is 0 Å². The largest absolute Gasteiger partial charge is 0.339 e. The van der Waals surface area contributed by atoms with Crippen molar-refractivity contribution >= 4 is 5.91 Å². The van der Waals surface area contributed by atoms with Crippen LogP contribution in [-0.2, 0) is 6.42 Å². The lowest BCUT2D eigenvalue weighted by molar-refractivity contribution is 0.0687. The second-order valence-electron chi connectivity index (χ2n) is 6.45. The third-order valence-corrected chi connectivity index (χ3v) is 4.85. The molecule has 122 valence electrons. The SMILES string of the molecule is N#Cc1ccc(C(=O)N2CCC(CCc3ccccc3)CC2)cc1. The fourth-order valence-corrected chi connectivity index (χ4v) is 3.31. The molecule has 0 radical (unpaired) electrons. The summed E-state index contributed by atoms with van der Waals surface area (Å²) in [6.07, 6.45) is 4.47. The van der Waals surface area contributed by atoms with Crippen LogP contribution in [0.2, 0.25) is 0 Å². The second kappa shape index (κ2) is 7.79. The van der Waals surface area contributed by atoms with Crippen LogP contribution in [-0.4, -0.2) is 23.9 Å². The van der Waals surface area contributed by atoms with E-state index in [2.05, 4.69) is 36.4 Å². The number of nitrogens with zero attached hydrogens (tertiary/aromatic N) is 2. The highest BCUT2D eigenvalue weighted by molar-refractivity contribution is 5.94. The Morgan fingerprint density at radius 2 is 1.71 bits per heavy atom. The lowest BCUT2D eigenvalue weighted by Gasteiger charge is -2.32. The summed E-state index contributed by atoms with van der Waals surface area (Å²) in [6, 6.07) is 19.6. The standard InChI is InChI=1S/C21H22N2O/c22-16-19-8-10-20(11-9-19)21(24)23-14-12-18(13-15-23)7-6-17-4-2-1-3-5-17/h1-5,8-11,18H,6-7,12-15H2. The Kier molecular flexibility index (Phi) is 5.28. The van der Waals surface area contributed by atoms with Crippen LogP contribution in [0.15, 0.2) is 54.6 Å². The number of rotatable bonds is 4. The van der Waals surface area contributed by atoms with Gasteiger partial charge in [0.25, 0.3) is 5.91 Å². The lowest BCUT2D eigenvalue weighted by Crippen LogP contribution is -2.38. The zero-order valence-electron chi connectivity index (χ0n) is 13.8. The molecule has 24 heavy (non-hydrogen) atoms. The van der Waals surface area contributed by atoms with Gasteiger partial charge in [0.1, 0.15) is 0 Å². The Morgan fingerprint density at radius 1 is 1.04 bits per heavy atom. The van der Waals surface area contributed by atoms with Crippen molar-refractivity contribution in [2.45, 2.75) is 25.7 Å². The van der Waals surface area contributed by atoms with E-state index >= 15 is 0 Å². The number of carbonyl (C=O) groups is 1. The van der Waals surface area contributed by atoms with E-state index in [-0.39, 0.29) is 5.91 Å². The van der Waals surface area contributed by atoms with Crippen molar-refractivity contribution in [1.82, 2.24) is 4.90 Å². The maximum atomic E-state index is 12.5. The molecule has 2 aromatic rings. The predicted molar refractivity (Wildman–Crippen MR) is 94.5 cm³/mol. The van der Waals surface area contributed by atoms with E-state index in [1.165, 1.54) is 12.0 Å². The molecule has 0 N–H and O–H groups in total. The Hall–Kier alpha value is -2.60. The van der Waals surface area contributed by atoms with E-state index < -0.39 is 0 Å². The minimum atomic E-state index is 0.0843. The van der Waals surface area contributed by atoms with Crippen LogP contribution < -0.4 is 0 Å². The van der Waals surface area contributed by atoms with E-state index in [4.69, 9.17) is 5.26 Å². The van der Waals surface area contributed by atoms with Gasteiger partial charge < -0.3 is 4.90 Å². The van der Waals surface area contributed by atoms with Crippen molar-refractivity contribution in [3.05, 3.63) is 71.3 Å². The number of hydrogen-bond donors (Lipinski definition) is 0. The average Bonchev–Trinajstić information content (AvgIpc) is 2.67. The molecular formula is C21H22N2O. The van der Waals surface area contributed by atoms with Crippen molar-refractivity contribution < 1.29 is 4.79 Å². The molecule has 3 nitrogen and oxygen atoms in total. The van der Waals surface area contributed by atoms with Crippen LogP contribution in [0.1, 0.15) is 40.7 Å². The van der Waals surface area contributed by atoms with Gasteiger partial charge in [-0.3, -0.25) is 4.79 Å². The van der Waals surface area contributed by atoms with Gasteiger partial charge in [-0.2, -0.15) is 5.26 Å². The maximum Gasteiger partial charge on any atom is 0.253 e. The Bertz CT molecular complexity index is 708. The molecule has 1 fully saturated rings. The quantitative estimate of drug-likeness (QED) is 0.854. The second-order valence-corrected chi connectivity index (χ2v) is 6.45. The minimum Gasteiger partial charge on any atom is -0.339 e. The molecule has 1 aliphatic rings. The first-order valence-electron chi connectivity index (χ1n) is 8.59. The number of piperidine rings is 1. The van der Waals surface area contributed by atoms with E-state index in [9.17, 15) is 4.79 Å². The minimum absolute atomic E-state index is 0.0843. The number of nitriles is 1. The number of aryl methyl sites for hydroxylation is 1. The number of amides is 1. The van der Waals surface area contributed by atoms with Gasteiger partial charge in [0.2, 0.25) is 0 Å². The Labute approximate surface area is 143 Å². The smallest absolute Gasteiger partial charge is 0.253 e. The molecule has 0 unspecified atom stereocenters. The van der Waals surface area contributed by atoms with Gasteiger partial charge in [-0.25, -0.2) is 0 Å². The van der Waals surface area contributed by atoms with Gasteiger partial charge in [-0.1, -0.05) is 30.3 Å². The molecule has 3 rings (SSSR count). The highest BCUT2D eigenvalue weighted by Gasteiger charge is 2.23. The maximum absolute atomic E-state index is 12.5. The molecule has 0 aliphatic carbocycles. The van der Waals surface area contributed by atoms with Gasteiger partial charge in [0.15, 0.2) is 0 Å². The highest BCUT2D eigenvalue weighted by Crippen LogP contribution is 2.23. The number of carbonyl (C=O) groups excluding carboxylic acids is 1. The monoisotopic (exact) mass is 318 g/mol. The summed E-state index contributed by atoms with van der Waals surface area (Å²) in [7, 11) is 0. The first kappa shape index (κ1) is 16.3. The first-order chi connectivity index (χ1) is 11.8. The van der Waals surface area contributed by atoms with Crippen molar-refractivity contribution in [2.75, 3.05) is 13.1 Å². The van der Waals surface area contributed by atoms with Gasteiger partial charge in [0, 0.05) is 18.7 Å². The molecular weight excluding hydrogens is 296 g/mol. The lowest BCUT2D eigenvalue weighted by atomic mass is 9.90. The van der Waals surface area contributed by atoms with Gasteiger partial charge >= 0.3 is 0 Å². The van der Waals surface area contributed by atoms with Gasteiger partial charge in [-0.05, 0) is 61.4 Å². The summed E-state index contributed by atoms with van der Waals surface area (Å²) in [5.41, 5.74) is 2.66. The molecule has 0 atom stereocenters. The topological polar surface area (TPSA) is 44.1 Å². The van der Waals surface area contributed by atoms with Crippen molar-refractivity contribution in [2.24, 2.45) is 5.92 Å². The van der Waals surface area contributed by atoms with E-state index in [0.29, 0.717) is 17.0 Å². The highest BCUT2D eigenvalue weighted by atomic mass is 16.2. The fourth-order valence-electron chi connectivity index (χ4n) is 3.31. The average molecular weight is 318 g/mol. The zero-order valence-corrected chi connectivity index (χ0v) is 13.8. The van der Waals surface area contributed by atoms with Crippen LogP contribution in [0.3, 0.4) is 0 Å². The number of benzene rings is 2. The molecule has 0 saturated carbocycles. The summed E-state index contributed by atoms with van der Waals surface area (Å²) in [4.78, 5) is 14.5. The Morgan fingerprint density at radius 3 is 2.33 bits per heavy atom. The van der Waals surface area contributed by atoms with Gasteiger partial charge in [-0.15, -0.1) is 0 Å². The molecule has 0 bridgehead atoms. The molecule has 1 heterocycles. The fraction of sp³-hybridized carbons (Fsp3) is 0.333. The molecule has 0 aromatic heterocycles. The number of likely N-dealkylation sites (tertiary alicyclic amines) is 1. The van der Waals surface area contributed by atoms with Crippen LogP contribution >= 0.6 is 0 Å². The predicted octanol–water partition coefficient (Wildman–Crippen LogP) is 4.04. The summed E-state index contributed by atoms with van der Waals surface area (Å²) >= 11 is 0. The molecule has 3 heteroatoms. The van der Waals surface area contributed by atoms with Crippen molar-refractivity contribution in [3.63, 3.8) is 0 Å². The van der Waals surface area contributed by atoms with Crippen LogP contribution in [0.4, 0.5) is 0 Å². The zero-order chi connectivity index (χ0) is 16.8. The molecule has 2 aromatic carbocycles. The summed E-state index contributed by atoms with van der Waals surface area (Å²) < 4.78 is 0. The van der Waals surface area contributed by atoms with Crippen LogP contribution in [0.25, 0.3) is 0 Å². The van der Waals surface area contributed by atoms with E-state index in [1.807, 2.05) is 4.90 Å². The third kappa shape index (κ3) is 4.02. The van der Waals surface area contributed by atoms with E-state index in [0.717, 1.165) is 32.4 Å². The molecule has 1 saturated heterocycles.